The second kappa shape index (κ2) is 12.1. The van der Waals surface area contributed by atoms with Crippen molar-refractivity contribution in [1.29, 1.82) is 0 Å². The third kappa shape index (κ3) is 5.19. The van der Waals surface area contributed by atoms with Crippen LogP contribution in [0.25, 0.3) is 88.0 Å². The Labute approximate surface area is 287 Å². The van der Waals surface area contributed by atoms with Crippen LogP contribution in [0.2, 0.25) is 0 Å². The van der Waals surface area contributed by atoms with E-state index in [1.165, 1.54) is 93.5 Å². The summed E-state index contributed by atoms with van der Waals surface area (Å²) in [5.41, 5.74) is 13.6. The van der Waals surface area contributed by atoms with Gasteiger partial charge in [0.1, 0.15) is 0 Å². The fourth-order valence-electron chi connectivity index (χ4n) is 7.53. The molecule has 0 radical (unpaired) electrons. The highest BCUT2D eigenvalue weighted by molar-refractivity contribution is 6.22. The van der Waals surface area contributed by atoms with Crippen LogP contribution in [0.15, 0.2) is 188 Å². The van der Waals surface area contributed by atoms with E-state index in [9.17, 15) is 0 Å². The lowest BCUT2D eigenvalue weighted by Gasteiger charge is -2.18. The van der Waals surface area contributed by atoms with Gasteiger partial charge in [0.05, 0.1) is 0 Å². The molecule has 0 saturated carbocycles. The minimum atomic E-state index is 1.22. The molecule has 0 nitrogen and oxygen atoms in total. The van der Waals surface area contributed by atoms with Gasteiger partial charge in [0, 0.05) is 0 Å². The summed E-state index contributed by atoms with van der Waals surface area (Å²) in [4.78, 5) is 0. The topological polar surface area (TPSA) is 0 Å². The minimum Gasteiger partial charge on any atom is -0.0622 e. The Morgan fingerprint density at radius 2 is 0.735 bits per heavy atom. The quantitative estimate of drug-likeness (QED) is 0.168. The third-order valence-electron chi connectivity index (χ3n) is 9.90. The average Bonchev–Trinajstić information content (AvgIpc) is 3.17. The molecule has 0 saturated heterocycles. The maximum Gasteiger partial charge on any atom is -0.00261 e. The number of aryl methyl sites for hydroxylation is 1. The maximum atomic E-state index is 2.42. The normalized spacial score (nSPS) is 11.4. The Morgan fingerprint density at radius 1 is 0.265 bits per heavy atom. The molecule has 230 valence electrons. The second-order valence-corrected chi connectivity index (χ2v) is 13.0. The van der Waals surface area contributed by atoms with E-state index in [1.807, 2.05) is 0 Å². The summed E-state index contributed by atoms with van der Waals surface area (Å²) in [7, 11) is 0. The molecule has 0 amide bonds. The van der Waals surface area contributed by atoms with Crippen LogP contribution in [0.5, 0.6) is 0 Å². The lowest BCUT2D eigenvalue weighted by molar-refractivity contribution is 1.47. The van der Waals surface area contributed by atoms with E-state index in [2.05, 4.69) is 195 Å². The fraction of sp³-hybridized carbons (Fsp3) is 0.0204. The SMILES string of the molecule is Cc1ccc(-c2c3ccccc3c(-c3ccc4cccc(-c5cc(-c6ccccc6)cc(-c6ccccc6)c5)c4c3)c3ccccc23)cc1. The second-order valence-electron chi connectivity index (χ2n) is 13.0. The standard InChI is InChI=1S/C49H34/c1-33-23-25-37(26-24-33)48-43-18-8-10-20-45(43)49(46-21-11-9-19-44(46)48)38-28-27-36-17-12-22-42(47(36)32-38)41-30-39(34-13-4-2-5-14-34)29-40(31-41)35-15-6-3-7-16-35/h2-32H,1H3. The van der Waals surface area contributed by atoms with Crippen molar-refractivity contribution in [3.63, 3.8) is 0 Å². The van der Waals surface area contributed by atoms with E-state index in [0.29, 0.717) is 0 Å². The van der Waals surface area contributed by atoms with Gasteiger partial charge in [-0.25, -0.2) is 0 Å². The molecule has 9 aromatic rings. The van der Waals surface area contributed by atoms with E-state index in [1.54, 1.807) is 0 Å². The zero-order chi connectivity index (χ0) is 32.7. The Kier molecular flexibility index (Phi) is 7.14. The van der Waals surface area contributed by atoms with Crippen LogP contribution in [0.1, 0.15) is 5.56 Å². The Hall–Kier alpha value is -6.24. The zero-order valence-corrected chi connectivity index (χ0v) is 27.4. The van der Waals surface area contributed by atoms with E-state index in [4.69, 9.17) is 0 Å². The molecular weight excluding hydrogens is 589 g/mol. The third-order valence-corrected chi connectivity index (χ3v) is 9.90. The predicted molar refractivity (Wildman–Crippen MR) is 211 cm³/mol. The van der Waals surface area contributed by atoms with Gasteiger partial charge in [-0.2, -0.15) is 0 Å². The molecule has 0 atom stereocenters. The summed E-state index contributed by atoms with van der Waals surface area (Å²) in [5.74, 6) is 0. The van der Waals surface area contributed by atoms with Crippen LogP contribution >= 0.6 is 0 Å². The first kappa shape index (κ1) is 28.9. The zero-order valence-electron chi connectivity index (χ0n) is 27.4. The van der Waals surface area contributed by atoms with Gasteiger partial charge >= 0.3 is 0 Å². The van der Waals surface area contributed by atoms with Gasteiger partial charge < -0.3 is 0 Å². The molecule has 0 aliphatic heterocycles. The molecule has 49 heavy (non-hydrogen) atoms. The number of hydrogen-bond acceptors (Lipinski definition) is 0. The molecule has 0 aliphatic rings. The molecule has 0 heteroatoms. The summed E-state index contributed by atoms with van der Waals surface area (Å²) in [6, 6.07) is 69.0. The molecule has 0 spiro atoms. The molecule has 0 heterocycles. The van der Waals surface area contributed by atoms with Crippen molar-refractivity contribution in [3.05, 3.63) is 194 Å². The van der Waals surface area contributed by atoms with Crippen LogP contribution < -0.4 is 0 Å². The van der Waals surface area contributed by atoms with Crippen LogP contribution in [0.4, 0.5) is 0 Å². The van der Waals surface area contributed by atoms with E-state index >= 15 is 0 Å². The first-order valence-electron chi connectivity index (χ1n) is 17.0. The highest BCUT2D eigenvalue weighted by atomic mass is 14.2. The predicted octanol–water partition coefficient (Wildman–Crippen LogP) is 13.8. The van der Waals surface area contributed by atoms with Gasteiger partial charge in [-0.05, 0) is 119 Å². The fourth-order valence-corrected chi connectivity index (χ4v) is 7.53. The summed E-state index contributed by atoms with van der Waals surface area (Å²) in [5, 5.41) is 7.57. The van der Waals surface area contributed by atoms with Gasteiger partial charge in [-0.15, -0.1) is 0 Å². The summed E-state index contributed by atoms with van der Waals surface area (Å²) in [6.45, 7) is 2.15. The molecule has 0 aromatic heterocycles. The largest absolute Gasteiger partial charge is 0.0622 e. The van der Waals surface area contributed by atoms with Crippen molar-refractivity contribution in [2.75, 3.05) is 0 Å². The highest BCUT2D eigenvalue weighted by Crippen LogP contribution is 2.45. The van der Waals surface area contributed by atoms with Crippen LogP contribution in [-0.2, 0) is 0 Å². The molecule has 9 aromatic carbocycles. The first-order valence-corrected chi connectivity index (χ1v) is 17.0. The average molecular weight is 623 g/mol. The molecule has 0 unspecified atom stereocenters. The Bertz CT molecular complexity index is 2510. The summed E-state index contributed by atoms with van der Waals surface area (Å²) in [6.07, 6.45) is 0. The van der Waals surface area contributed by atoms with Gasteiger partial charge in [0.25, 0.3) is 0 Å². The van der Waals surface area contributed by atoms with Crippen molar-refractivity contribution < 1.29 is 0 Å². The molecule has 9 rings (SSSR count). The first-order chi connectivity index (χ1) is 24.2. The lowest BCUT2D eigenvalue weighted by Crippen LogP contribution is -1.91. The van der Waals surface area contributed by atoms with Crippen molar-refractivity contribution in [2.45, 2.75) is 6.92 Å². The van der Waals surface area contributed by atoms with Crippen molar-refractivity contribution in [1.82, 2.24) is 0 Å². The molecule has 0 fully saturated rings. The van der Waals surface area contributed by atoms with Gasteiger partial charge in [-0.3, -0.25) is 0 Å². The molecule has 0 N–H and O–H groups in total. The van der Waals surface area contributed by atoms with Gasteiger partial charge in [0.15, 0.2) is 0 Å². The monoisotopic (exact) mass is 622 g/mol. The summed E-state index contributed by atoms with van der Waals surface area (Å²) >= 11 is 0. The molecular formula is C49H34. The maximum absolute atomic E-state index is 2.42. The Balaban J connectivity index is 1.30. The van der Waals surface area contributed by atoms with Crippen molar-refractivity contribution >= 4 is 32.3 Å². The van der Waals surface area contributed by atoms with Crippen molar-refractivity contribution in [2.24, 2.45) is 0 Å². The molecule has 0 aliphatic carbocycles. The van der Waals surface area contributed by atoms with Gasteiger partial charge in [-0.1, -0.05) is 169 Å². The number of benzene rings is 9. The van der Waals surface area contributed by atoms with Crippen LogP contribution in [0.3, 0.4) is 0 Å². The van der Waals surface area contributed by atoms with Crippen molar-refractivity contribution in [3.8, 4) is 55.6 Å². The number of fused-ring (bicyclic) bond motifs is 3. The smallest absolute Gasteiger partial charge is 0.00261 e. The van der Waals surface area contributed by atoms with Crippen LogP contribution in [0, 0.1) is 6.92 Å². The van der Waals surface area contributed by atoms with E-state index in [-0.39, 0.29) is 0 Å². The Morgan fingerprint density at radius 3 is 1.29 bits per heavy atom. The van der Waals surface area contributed by atoms with Crippen LogP contribution in [-0.4, -0.2) is 0 Å². The lowest BCUT2D eigenvalue weighted by atomic mass is 9.85. The van der Waals surface area contributed by atoms with Gasteiger partial charge in [0.2, 0.25) is 0 Å². The summed E-state index contributed by atoms with van der Waals surface area (Å²) < 4.78 is 0. The van der Waals surface area contributed by atoms with E-state index < -0.39 is 0 Å². The number of rotatable bonds is 5. The minimum absolute atomic E-state index is 1.22. The number of hydrogen-bond donors (Lipinski definition) is 0. The highest BCUT2D eigenvalue weighted by Gasteiger charge is 2.17. The van der Waals surface area contributed by atoms with E-state index in [0.717, 1.165) is 0 Å². The molecule has 0 bridgehead atoms.